The third-order valence-electron chi connectivity index (χ3n) is 7.01. The average molecular weight is 636 g/mol. The Balaban J connectivity index is 1.82. The van der Waals surface area contributed by atoms with Crippen molar-refractivity contribution in [3.8, 4) is 0 Å². The highest BCUT2D eigenvalue weighted by Crippen LogP contribution is 2.29. The summed E-state index contributed by atoms with van der Waals surface area (Å²) in [5, 5.41) is 3.33. The van der Waals surface area contributed by atoms with Crippen LogP contribution in [0.25, 0.3) is 0 Å². The van der Waals surface area contributed by atoms with E-state index in [2.05, 4.69) is 5.32 Å². The van der Waals surface area contributed by atoms with E-state index in [1.807, 2.05) is 44.2 Å². The van der Waals surface area contributed by atoms with E-state index in [1.54, 1.807) is 43.3 Å². The number of aryl methyl sites for hydroxylation is 1. The van der Waals surface area contributed by atoms with Crippen LogP contribution in [0.2, 0.25) is 5.02 Å². The van der Waals surface area contributed by atoms with Crippen LogP contribution < -0.4 is 9.62 Å². The van der Waals surface area contributed by atoms with Gasteiger partial charge in [0.2, 0.25) is 11.8 Å². The second-order valence-corrected chi connectivity index (χ2v) is 13.1. The van der Waals surface area contributed by atoms with E-state index in [4.69, 9.17) is 11.6 Å². The predicted molar refractivity (Wildman–Crippen MR) is 171 cm³/mol. The molecule has 7 nitrogen and oxygen atoms in total. The highest BCUT2D eigenvalue weighted by molar-refractivity contribution is 7.92. The molecular weight excluding hydrogens is 601 g/mol. The summed E-state index contributed by atoms with van der Waals surface area (Å²) in [5.74, 6) is -1.44. The van der Waals surface area contributed by atoms with E-state index in [0.29, 0.717) is 16.1 Å². The monoisotopic (exact) mass is 635 g/mol. The van der Waals surface area contributed by atoms with Gasteiger partial charge in [-0.05, 0) is 79.9 Å². The fourth-order valence-electron chi connectivity index (χ4n) is 4.85. The first-order chi connectivity index (χ1) is 21.0. The zero-order valence-corrected chi connectivity index (χ0v) is 26.4. The molecule has 0 aliphatic heterocycles. The molecule has 4 aromatic rings. The minimum Gasteiger partial charge on any atom is -0.352 e. The highest BCUT2D eigenvalue weighted by atomic mass is 35.5. The summed E-state index contributed by atoms with van der Waals surface area (Å²) in [4.78, 5) is 29.5. The van der Waals surface area contributed by atoms with Gasteiger partial charge in [0.05, 0.1) is 10.6 Å². The summed E-state index contributed by atoms with van der Waals surface area (Å²) in [7, 11) is -4.23. The van der Waals surface area contributed by atoms with E-state index in [0.717, 1.165) is 9.87 Å². The standard InChI is InChI=1S/C34H35ClFN3O4S/c1-24(2)37-34(41)32(21-26-10-6-4-7-11-26)38(22-27-14-17-29(36)18-15-27)33(40)23-39(31-19-16-28(35)20-25(31)3)44(42,43)30-12-8-5-9-13-30/h4-20,24,32H,21-23H2,1-3H3,(H,37,41)/t32-/m1/s1. The number of nitrogens with zero attached hydrogens (tertiary/aromatic N) is 2. The smallest absolute Gasteiger partial charge is 0.264 e. The van der Waals surface area contributed by atoms with Gasteiger partial charge in [-0.3, -0.25) is 13.9 Å². The Morgan fingerprint density at radius 1 is 0.864 bits per heavy atom. The minimum atomic E-state index is -4.23. The number of amides is 2. The van der Waals surface area contributed by atoms with Crippen LogP contribution in [0.4, 0.5) is 10.1 Å². The van der Waals surface area contributed by atoms with Crippen LogP contribution in [-0.2, 0) is 32.6 Å². The maximum Gasteiger partial charge on any atom is 0.264 e. The molecule has 4 rings (SSSR count). The Labute approximate surface area is 263 Å². The SMILES string of the molecule is Cc1cc(Cl)ccc1N(CC(=O)N(Cc1ccc(F)cc1)[C@H](Cc1ccccc1)C(=O)NC(C)C)S(=O)(=O)c1ccccc1. The normalized spacial score (nSPS) is 12.0. The van der Waals surface area contributed by atoms with Crippen molar-refractivity contribution in [2.75, 3.05) is 10.8 Å². The van der Waals surface area contributed by atoms with Gasteiger partial charge in [0, 0.05) is 24.0 Å². The first-order valence-electron chi connectivity index (χ1n) is 14.2. The van der Waals surface area contributed by atoms with Crippen LogP contribution in [0.15, 0.2) is 108 Å². The first-order valence-corrected chi connectivity index (χ1v) is 16.0. The van der Waals surface area contributed by atoms with E-state index in [1.165, 1.54) is 41.3 Å². The summed E-state index contributed by atoms with van der Waals surface area (Å²) in [6, 6.07) is 26.3. The van der Waals surface area contributed by atoms with Crippen molar-refractivity contribution < 1.29 is 22.4 Å². The maximum absolute atomic E-state index is 14.4. The van der Waals surface area contributed by atoms with Gasteiger partial charge in [-0.2, -0.15) is 0 Å². The van der Waals surface area contributed by atoms with Crippen molar-refractivity contribution in [2.45, 2.75) is 50.7 Å². The van der Waals surface area contributed by atoms with Crippen LogP contribution >= 0.6 is 11.6 Å². The van der Waals surface area contributed by atoms with Crippen LogP contribution in [0.5, 0.6) is 0 Å². The van der Waals surface area contributed by atoms with Crippen LogP contribution in [0.3, 0.4) is 0 Å². The fourth-order valence-corrected chi connectivity index (χ4v) is 6.58. The summed E-state index contributed by atoms with van der Waals surface area (Å²) in [5.41, 5.74) is 2.22. The molecule has 0 aromatic heterocycles. The average Bonchev–Trinajstić information content (AvgIpc) is 2.99. The van der Waals surface area contributed by atoms with Crippen molar-refractivity contribution in [2.24, 2.45) is 0 Å². The van der Waals surface area contributed by atoms with Crippen molar-refractivity contribution in [1.82, 2.24) is 10.2 Å². The molecule has 0 spiro atoms. The zero-order chi connectivity index (χ0) is 31.9. The molecule has 44 heavy (non-hydrogen) atoms. The molecular formula is C34H35ClFN3O4S. The molecule has 0 aliphatic carbocycles. The lowest BCUT2D eigenvalue weighted by molar-refractivity contribution is -0.140. The van der Waals surface area contributed by atoms with Gasteiger partial charge < -0.3 is 10.2 Å². The number of halogens is 2. The van der Waals surface area contributed by atoms with E-state index in [9.17, 15) is 22.4 Å². The number of sulfonamides is 1. The highest BCUT2D eigenvalue weighted by Gasteiger charge is 2.35. The summed E-state index contributed by atoms with van der Waals surface area (Å²) in [6.07, 6.45) is 0.178. The molecule has 1 atom stereocenters. The topological polar surface area (TPSA) is 86.8 Å². The quantitative estimate of drug-likeness (QED) is 0.202. The third kappa shape index (κ3) is 8.24. The van der Waals surface area contributed by atoms with Crippen LogP contribution in [-0.4, -0.2) is 43.8 Å². The Kier molecular flexibility index (Phi) is 10.8. The number of anilines is 1. The van der Waals surface area contributed by atoms with Crippen LogP contribution in [0.1, 0.15) is 30.5 Å². The summed E-state index contributed by atoms with van der Waals surface area (Å²) < 4.78 is 43.0. The molecule has 0 radical (unpaired) electrons. The Morgan fingerprint density at radius 3 is 2.07 bits per heavy atom. The van der Waals surface area contributed by atoms with Crippen molar-refractivity contribution in [3.63, 3.8) is 0 Å². The summed E-state index contributed by atoms with van der Waals surface area (Å²) >= 11 is 6.19. The second kappa shape index (κ2) is 14.5. The number of benzene rings is 4. The Hall–Kier alpha value is -4.21. The molecule has 0 bridgehead atoms. The second-order valence-electron chi connectivity index (χ2n) is 10.8. The first kappa shape index (κ1) is 32.7. The number of hydrogen-bond acceptors (Lipinski definition) is 4. The largest absolute Gasteiger partial charge is 0.352 e. The molecule has 0 fully saturated rings. The molecule has 0 unspecified atom stereocenters. The van der Waals surface area contributed by atoms with Gasteiger partial charge >= 0.3 is 0 Å². The lowest BCUT2D eigenvalue weighted by atomic mass is 10.0. The molecule has 4 aromatic carbocycles. The molecule has 1 N–H and O–H groups in total. The third-order valence-corrected chi connectivity index (χ3v) is 9.01. The maximum atomic E-state index is 14.4. The van der Waals surface area contributed by atoms with Crippen molar-refractivity contribution in [3.05, 3.63) is 131 Å². The van der Waals surface area contributed by atoms with Gasteiger partial charge in [0.25, 0.3) is 10.0 Å². The molecule has 0 aliphatic rings. The van der Waals surface area contributed by atoms with Crippen molar-refractivity contribution >= 4 is 39.1 Å². The minimum absolute atomic E-state index is 0.00520. The van der Waals surface area contributed by atoms with E-state index < -0.39 is 34.3 Å². The lowest BCUT2D eigenvalue weighted by Crippen LogP contribution is -2.54. The Morgan fingerprint density at radius 2 is 1.48 bits per heavy atom. The molecule has 0 saturated carbocycles. The summed E-state index contributed by atoms with van der Waals surface area (Å²) in [6.45, 7) is 4.70. The molecule has 230 valence electrons. The fraction of sp³-hybridized carbons (Fsp3) is 0.235. The number of carbonyl (C=O) groups excluding carboxylic acids is 2. The van der Waals surface area contributed by atoms with Gasteiger partial charge in [-0.1, -0.05) is 72.3 Å². The molecule has 2 amide bonds. The van der Waals surface area contributed by atoms with Gasteiger partial charge in [-0.15, -0.1) is 0 Å². The number of nitrogens with one attached hydrogen (secondary N) is 1. The Bertz CT molecular complexity index is 1690. The van der Waals surface area contributed by atoms with Gasteiger partial charge in [0.1, 0.15) is 18.4 Å². The predicted octanol–water partition coefficient (Wildman–Crippen LogP) is 6.15. The molecule has 10 heteroatoms. The number of rotatable bonds is 12. The molecule has 0 heterocycles. The molecule has 0 saturated heterocycles. The van der Waals surface area contributed by atoms with Gasteiger partial charge in [0.15, 0.2) is 0 Å². The lowest BCUT2D eigenvalue weighted by Gasteiger charge is -2.34. The van der Waals surface area contributed by atoms with E-state index >= 15 is 0 Å². The number of hydrogen-bond donors (Lipinski definition) is 1. The number of carbonyl (C=O) groups is 2. The van der Waals surface area contributed by atoms with E-state index in [-0.39, 0.29) is 35.5 Å². The van der Waals surface area contributed by atoms with Crippen LogP contribution in [0, 0.1) is 12.7 Å². The van der Waals surface area contributed by atoms with Crippen molar-refractivity contribution in [1.29, 1.82) is 0 Å². The zero-order valence-electron chi connectivity index (χ0n) is 24.8. The van der Waals surface area contributed by atoms with Gasteiger partial charge in [-0.25, -0.2) is 12.8 Å².